The third kappa shape index (κ3) is 4.06. The van der Waals surface area contributed by atoms with Gasteiger partial charge in [0, 0.05) is 17.0 Å². The van der Waals surface area contributed by atoms with Crippen LogP contribution in [-0.4, -0.2) is 17.0 Å². The molecule has 5 nitrogen and oxygen atoms in total. The number of aryl methyl sites for hydroxylation is 1. The first-order valence-corrected chi connectivity index (χ1v) is 7.35. The monoisotopic (exact) mass is 304 g/mol. The van der Waals surface area contributed by atoms with Gasteiger partial charge in [-0.05, 0) is 29.5 Å². The summed E-state index contributed by atoms with van der Waals surface area (Å²) in [4.78, 5) is 23.8. The minimum atomic E-state index is -1.06. The molecule has 0 spiro atoms. The van der Waals surface area contributed by atoms with E-state index in [0.717, 1.165) is 5.56 Å². The van der Waals surface area contributed by atoms with Crippen LogP contribution in [0.3, 0.4) is 0 Å². The summed E-state index contributed by atoms with van der Waals surface area (Å²) in [5, 5.41) is 13.5. The van der Waals surface area contributed by atoms with Crippen molar-refractivity contribution in [2.75, 3.05) is 5.73 Å². The van der Waals surface area contributed by atoms with Crippen LogP contribution in [-0.2, 0) is 16.0 Å². The normalized spacial score (nSPS) is 11.8. The van der Waals surface area contributed by atoms with Gasteiger partial charge in [-0.2, -0.15) is 0 Å². The Balaban J connectivity index is 1.94. The summed E-state index contributed by atoms with van der Waals surface area (Å²) in [5.41, 5.74) is 7.33. The number of para-hydroxylation sites is 1. The van der Waals surface area contributed by atoms with Crippen molar-refractivity contribution in [3.05, 3.63) is 52.2 Å². The number of benzene rings is 1. The lowest BCUT2D eigenvalue weighted by molar-refractivity contribution is -0.141. The van der Waals surface area contributed by atoms with Crippen LogP contribution < -0.4 is 11.1 Å². The molecule has 0 bridgehead atoms. The Bertz CT molecular complexity index is 626. The first kappa shape index (κ1) is 15.1. The van der Waals surface area contributed by atoms with Gasteiger partial charge in [0.2, 0.25) is 5.91 Å². The lowest BCUT2D eigenvalue weighted by Gasteiger charge is -2.13. The smallest absolute Gasteiger partial charge is 0.331 e. The highest BCUT2D eigenvalue weighted by molar-refractivity contribution is 7.10. The molecule has 0 aliphatic rings. The third-order valence-electron chi connectivity index (χ3n) is 3.06. The number of nitrogens with one attached hydrogen (secondary N) is 1. The molecular weight excluding hydrogens is 288 g/mol. The fourth-order valence-electron chi connectivity index (χ4n) is 1.95. The summed E-state index contributed by atoms with van der Waals surface area (Å²) < 4.78 is 0. The summed E-state index contributed by atoms with van der Waals surface area (Å²) in [6, 6.07) is 9.78. The SMILES string of the molecule is Nc1ccccc1CCC(=O)NC(C(=O)O)c1cccs1. The molecule has 1 atom stereocenters. The first-order chi connectivity index (χ1) is 10.1. The topological polar surface area (TPSA) is 92.4 Å². The van der Waals surface area contributed by atoms with Gasteiger partial charge < -0.3 is 16.2 Å². The van der Waals surface area contributed by atoms with Crippen molar-refractivity contribution in [1.29, 1.82) is 0 Å². The van der Waals surface area contributed by atoms with Crippen molar-refractivity contribution in [3.63, 3.8) is 0 Å². The van der Waals surface area contributed by atoms with Crippen molar-refractivity contribution in [2.45, 2.75) is 18.9 Å². The number of anilines is 1. The number of nitrogen functional groups attached to an aromatic ring is 1. The average Bonchev–Trinajstić information content (AvgIpc) is 2.97. The van der Waals surface area contributed by atoms with Crippen molar-refractivity contribution in [2.24, 2.45) is 0 Å². The highest BCUT2D eigenvalue weighted by atomic mass is 32.1. The van der Waals surface area contributed by atoms with E-state index in [1.54, 1.807) is 23.6 Å². The number of rotatable bonds is 6. The van der Waals surface area contributed by atoms with Crippen LogP contribution in [0.2, 0.25) is 0 Å². The van der Waals surface area contributed by atoms with E-state index >= 15 is 0 Å². The summed E-state index contributed by atoms with van der Waals surface area (Å²) in [6.45, 7) is 0. The predicted molar refractivity (Wildman–Crippen MR) is 82.0 cm³/mol. The molecule has 110 valence electrons. The third-order valence-corrected chi connectivity index (χ3v) is 3.99. The van der Waals surface area contributed by atoms with E-state index < -0.39 is 12.0 Å². The number of carbonyl (C=O) groups excluding carboxylic acids is 1. The minimum absolute atomic E-state index is 0.198. The Labute approximate surface area is 126 Å². The highest BCUT2D eigenvalue weighted by Crippen LogP contribution is 2.19. The zero-order valence-corrected chi connectivity index (χ0v) is 12.1. The van der Waals surface area contributed by atoms with Crippen LogP contribution in [0.15, 0.2) is 41.8 Å². The zero-order valence-electron chi connectivity index (χ0n) is 11.3. The zero-order chi connectivity index (χ0) is 15.2. The lowest BCUT2D eigenvalue weighted by Crippen LogP contribution is -2.33. The van der Waals surface area contributed by atoms with Crippen LogP contribution in [0.25, 0.3) is 0 Å². The molecule has 2 aromatic rings. The number of hydrogen-bond acceptors (Lipinski definition) is 4. The number of carboxylic acid groups (broad SMARTS) is 1. The Morgan fingerprint density at radius 3 is 2.62 bits per heavy atom. The molecule has 2 rings (SSSR count). The van der Waals surface area contributed by atoms with Gasteiger partial charge in [0.05, 0.1) is 0 Å². The van der Waals surface area contributed by atoms with Crippen LogP contribution in [0.4, 0.5) is 5.69 Å². The molecular formula is C15H16N2O3S. The molecule has 1 aromatic heterocycles. The maximum atomic E-state index is 11.9. The fourth-order valence-corrected chi connectivity index (χ4v) is 2.72. The van der Waals surface area contributed by atoms with Crippen molar-refractivity contribution in [3.8, 4) is 0 Å². The molecule has 0 saturated heterocycles. The molecule has 1 aromatic carbocycles. The summed E-state index contributed by atoms with van der Waals surface area (Å²) >= 11 is 1.30. The van der Waals surface area contributed by atoms with E-state index in [4.69, 9.17) is 5.73 Å². The number of aliphatic carboxylic acids is 1. The summed E-state index contributed by atoms with van der Waals surface area (Å²) in [7, 11) is 0. The second kappa shape index (κ2) is 6.90. The second-order valence-electron chi connectivity index (χ2n) is 4.55. The number of hydrogen-bond donors (Lipinski definition) is 3. The number of carboxylic acids is 1. The molecule has 0 saturated carbocycles. The number of nitrogens with two attached hydrogens (primary N) is 1. The first-order valence-electron chi connectivity index (χ1n) is 6.47. The van der Waals surface area contributed by atoms with Gasteiger partial charge in [0.15, 0.2) is 6.04 Å². The Hall–Kier alpha value is -2.34. The summed E-state index contributed by atoms with van der Waals surface area (Å²) in [5.74, 6) is -1.37. The number of amides is 1. The van der Waals surface area contributed by atoms with Crippen LogP contribution >= 0.6 is 11.3 Å². The van der Waals surface area contributed by atoms with Gasteiger partial charge in [0.1, 0.15) is 0 Å². The molecule has 0 radical (unpaired) electrons. The van der Waals surface area contributed by atoms with E-state index in [0.29, 0.717) is 17.0 Å². The van der Waals surface area contributed by atoms with Crippen molar-refractivity contribution >= 4 is 28.9 Å². The summed E-state index contributed by atoms with van der Waals surface area (Å²) in [6.07, 6.45) is 0.679. The second-order valence-corrected chi connectivity index (χ2v) is 5.53. The van der Waals surface area contributed by atoms with Gasteiger partial charge >= 0.3 is 5.97 Å². The Morgan fingerprint density at radius 2 is 2.00 bits per heavy atom. The van der Waals surface area contributed by atoms with Crippen LogP contribution in [0.5, 0.6) is 0 Å². The molecule has 4 N–H and O–H groups in total. The van der Waals surface area contributed by atoms with Crippen molar-refractivity contribution in [1.82, 2.24) is 5.32 Å². The maximum Gasteiger partial charge on any atom is 0.331 e. The van der Waals surface area contributed by atoms with Gasteiger partial charge in [-0.15, -0.1) is 11.3 Å². The van der Waals surface area contributed by atoms with E-state index in [1.807, 2.05) is 18.2 Å². The number of carbonyl (C=O) groups is 2. The van der Waals surface area contributed by atoms with Crippen LogP contribution in [0, 0.1) is 0 Å². The van der Waals surface area contributed by atoms with Gasteiger partial charge in [-0.1, -0.05) is 24.3 Å². The van der Waals surface area contributed by atoms with Crippen LogP contribution in [0.1, 0.15) is 22.9 Å². The molecule has 1 heterocycles. The van der Waals surface area contributed by atoms with E-state index in [9.17, 15) is 14.7 Å². The number of thiophene rings is 1. The Morgan fingerprint density at radius 1 is 1.24 bits per heavy atom. The van der Waals surface area contributed by atoms with Gasteiger partial charge in [0.25, 0.3) is 0 Å². The van der Waals surface area contributed by atoms with E-state index in [2.05, 4.69) is 5.32 Å². The van der Waals surface area contributed by atoms with Gasteiger partial charge in [-0.25, -0.2) is 4.79 Å². The Kier molecular flexibility index (Phi) is 4.94. The fraction of sp³-hybridized carbons (Fsp3) is 0.200. The molecule has 21 heavy (non-hydrogen) atoms. The van der Waals surface area contributed by atoms with E-state index in [-0.39, 0.29) is 12.3 Å². The van der Waals surface area contributed by atoms with Crippen molar-refractivity contribution < 1.29 is 14.7 Å². The predicted octanol–water partition coefficient (Wildman–Crippen LogP) is 2.21. The van der Waals surface area contributed by atoms with E-state index in [1.165, 1.54) is 11.3 Å². The highest BCUT2D eigenvalue weighted by Gasteiger charge is 2.22. The lowest BCUT2D eigenvalue weighted by atomic mass is 10.1. The average molecular weight is 304 g/mol. The maximum absolute atomic E-state index is 11.9. The quantitative estimate of drug-likeness (QED) is 0.713. The molecule has 0 aliphatic heterocycles. The van der Waals surface area contributed by atoms with Gasteiger partial charge in [-0.3, -0.25) is 4.79 Å². The molecule has 6 heteroatoms. The molecule has 1 unspecified atom stereocenters. The standard InChI is InChI=1S/C15H16N2O3S/c16-11-5-2-1-4-10(11)7-8-13(18)17-14(15(19)20)12-6-3-9-21-12/h1-6,9,14H,7-8,16H2,(H,17,18)(H,19,20). The minimum Gasteiger partial charge on any atom is -0.479 e. The molecule has 1 amide bonds. The molecule has 0 fully saturated rings. The molecule has 0 aliphatic carbocycles. The largest absolute Gasteiger partial charge is 0.479 e.